The molecule has 0 saturated carbocycles. The lowest BCUT2D eigenvalue weighted by molar-refractivity contribution is -0.147. The van der Waals surface area contributed by atoms with E-state index in [0.717, 1.165) is 38.9 Å². The summed E-state index contributed by atoms with van der Waals surface area (Å²) in [5.41, 5.74) is 4.19. The molecule has 2 atom stereocenters. The highest BCUT2D eigenvalue weighted by Gasteiger charge is 2.32. The van der Waals surface area contributed by atoms with Crippen LogP contribution in [-0.4, -0.2) is 40.7 Å². The van der Waals surface area contributed by atoms with Crippen molar-refractivity contribution in [3.05, 3.63) is 80.5 Å². The molecule has 0 aliphatic heterocycles. The standard InChI is InChI=1S/C32H42O6SSi/c1-21-9-12-25(17-26(21)20-37-19-24-10-13-27(35-4)14-11-24)30(22(2)32(34)38-15-16-40(6,7)8)29-18-28(36-5)31(39-29)23(3)33/h9-14,17-18,22,30H,15-16,19-20H2,1-8H3/t22-,30+/m1/s1. The maximum Gasteiger partial charge on any atom is 0.309 e. The van der Waals surface area contributed by atoms with Crippen molar-refractivity contribution in [2.24, 2.45) is 5.92 Å². The fraction of sp³-hybridized carbons (Fsp3) is 0.438. The van der Waals surface area contributed by atoms with Crippen LogP contribution in [-0.2, 0) is 27.5 Å². The number of carbonyl (C=O) groups is 2. The minimum Gasteiger partial charge on any atom is -0.497 e. The molecule has 2 aromatic carbocycles. The molecule has 40 heavy (non-hydrogen) atoms. The summed E-state index contributed by atoms with van der Waals surface area (Å²) in [6.07, 6.45) is 0. The molecule has 0 bridgehead atoms. The van der Waals surface area contributed by atoms with Crippen molar-refractivity contribution < 1.29 is 28.5 Å². The lowest BCUT2D eigenvalue weighted by Gasteiger charge is -2.24. The Morgan fingerprint density at radius 2 is 1.65 bits per heavy atom. The van der Waals surface area contributed by atoms with Gasteiger partial charge in [-0.2, -0.15) is 0 Å². The number of carbonyl (C=O) groups excluding carboxylic acids is 2. The molecule has 6 nitrogen and oxygen atoms in total. The van der Waals surface area contributed by atoms with Crippen molar-refractivity contribution in [2.75, 3.05) is 20.8 Å². The van der Waals surface area contributed by atoms with Gasteiger partial charge in [-0.1, -0.05) is 56.9 Å². The van der Waals surface area contributed by atoms with Crippen molar-refractivity contribution in [3.63, 3.8) is 0 Å². The Balaban J connectivity index is 1.89. The topological polar surface area (TPSA) is 71.1 Å². The highest BCUT2D eigenvalue weighted by atomic mass is 32.1. The molecule has 0 N–H and O–H groups in total. The Morgan fingerprint density at radius 1 is 0.950 bits per heavy atom. The van der Waals surface area contributed by atoms with Crippen LogP contribution in [0.5, 0.6) is 11.5 Å². The Morgan fingerprint density at radius 3 is 2.23 bits per heavy atom. The Hall–Kier alpha value is -2.94. The highest BCUT2D eigenvalue weighted by Crippen LogP contribution is 2.42. The van der Waals surface area contributed by atoms with E-state index in [4.69, 9.17) is 18.9 Å². The van der Waals surface area contributed by atoms with Crippen molar-refractivity contribution in [2.45, 2.75) is 65.6 Å². The third-order valence-electron chi connectivity index (χ3n) is 6.95. The first-order valence-corrected chi connectivity index (χ1v) is 18.1. The maximum atomic E-state index is 13.3. The first-order chi connectivity index (χ1) is 18.9. The Bertz CT molecular complexity index is 1290. The lowest BCUT2D eigenvalue weighted by Crippen LogP contribution is -2.26. The van der Waals surface area contributed by atoms with Gasteiger partial charge < -0.3 is 18.9 Å². The Kier molecular flexibility index (Phi) is 11.1. The fourth-order valence-electron chi connectivity index (χ4n) is 4.41. The predicted molar refractivity (Wildman–Crippen MR) is 164 cm³/mol. The normalized spacial score (nSPS) is 13.0. The van der Waals surface area contributed by atoms with E-state index in [0.29, 0.717) is 30.4 Å². The second-order valence-corrected chi connectivity index (χ2v) is 18.1. The number of methoxy groups -OCH3 is 2. The van der Waals surface area contributed by atoms with Gasteiger partial charge in [0.15, 0.2) is 5.78 Å². The molecule has 3 rings (SSSR count). The number of benzene rings is 2. The number of rotatable bonds is 14. The van der Waals surface area contributed by atoms with Crippen LogP contribution in [0, 0.1) is 12.8 Å². The van der Waals surface area contributed by atoms with Crippen LogP contribution in [0.4, 0.5) is 0 Å². The minimum atomic E-state index is -1.34. The molecule has 216 valence electrons. The summed E-state index contributed by atoms with van der Waals surface area (Å²) in [6.45, 7) is 13.6. The van der Waals surface area contributed by atoms with Crippen molar-refractivity contribution in [1.29, 1.82) is 0 Å². The zero-order valence-corrected chi connectivity index (χ0v) is 26.8. The van der Waals surface area contributed by atoms with Gasteiger partial charge >= 0.3 is 5.97 Å². The second-order valence-electron chi connectivity index (χ2n) is 11.4. The zero-order chi connectivity index (χ0) is 29.4. The van der Waals surface area contributed by atoms with Crippen molar-refractivity contribution in [3.8, 4) is 11.5 Å². The molecular weight excluding hydrogens is 540 g/mol. The molecular formula is C32H42O6SSi. The number of ketones is 1. The number of hydrogen-bond acceptors (Lipinski definition) is 7. The summed E-state index contributed by atoms with van der Waals surface area (Å²) in [5.74, 6) is 0.288. The van der Waals surface area contributed by atoms with Crippen LogP contribution in [0.25, 0.3) is 0 Å². The third-order valence-corrected chi connectivity index (χ3v) is 9.95. The number of esters is 1. The molecule has 0 aliphatic carbocycles. The van der Waals surface area contributed by atoms with E-state index in [2.05, 4.69) is 44.8 Å². The number of thiophene rings is 1. The molecule has 8 heteroatoms. The van der Waals surface area contributed by atoms with E-state index < -0.39 is 14.0 Å². The molecule has 1 heterocycles. The van der Waals surface area contributed by atoms with Gasteiger partial charge in [-0.15, -0.1) is 11.3 Å². The van der Waals surface area contributed by atoms with Crippen LogP contribution >= 0.6 is 11.3 Å². The van der Waals surface area contributed by atoms with E-state index in [1.807, 2.05) is 37.3 Å². The zero-order valence-electron chi connectivity index (χ0n) is 25.0. The minimum absolute atomic E-state index is 0.0613. The summed E-state index contributed by atoms with van der Waals surface area (Å²) in [5, 5.41) is 0. The monoisotopic (exact) mass is 582 g/mol. The number of Topliss-reactive ketones (excluding diaryl/α,β-unsaturated/α-hetero) is 1. The van der Waals surface area contributed by atoms with Crippen LogP contribution < -0.4 is 9.47 Å². The number of hydrogen-bond donors (Lipinski definition) is 0. The smallest absolute Gasteiger partial charge is 0.309 e. The quantitative estimate of drug-likeness (QED) is 0.110. The summed E-state index contributed by atoms with van der Waals surface area (Å²) in [6, 6.07) is 16.9. The summed E-state index contributed by atoms with van der Waals surface area (Å²) >= 11 is 1.38. The number of aryl methyl sites for hydroxylation is 1. The van der Waals surface area contributed by atoms with E-state index in [-0.39, 0.29) is 17.7 Å². The van der Waals surface area contributed by atoms with E-state index in [1.165, 1.54) is 18.3 Å². The van der Waals surface area contributed by atoms with E-state index >= 15 is 0 Å². The van der Waals surface area contributed by atoms with Crippen LogP contribution in [0.3, 0.4) is 0 Å². The van der Waals surface area contributed by atoms with Gasteiger partial charge in [0, 0.05) is 25.8 Å². The summed E-state index contributed by atoms with van der Waals surface area (Å²) in [7, 11) is 1.87. The average Bonchev–Trinajstić information content (AvgIpc) is 3.34. The predicted octanol–water partition coefficient (Wildman–Crippen LogP) is 7.64. The van der Waals surface area contributed by atoms with Gasteiger partial charge in [-0.25, -0.2) is 0 Å². The summed E-state index contributed by atoms with van der Waals surface area (Å²) in [4.78, 5) is 27.1. The van der Waals surface area contributed by atoms with E-state index in [9.17, 15) is 9.59 Å². The van der Waals surface area contributed by atoms with Gasteiger partial charge in [0.1, 0.15) is 16.4 Å². The average molecular weight is 583 g/mol. The largest absolute Gasteiger partial charge is 0.497 e. The molecule has 1 aromatic heterocycles. The first kappa shape index (κ1) is 31.6. The number of ether oxygens (including phenoxy) is 4. The van der Waals surface area contributed by atoms with Gasteiger partial charge in [0.25, 0.3) is 0 Å². The first-order valence-electron chi connectivity index (χ1n) is 13.6. The van der Waals surface area contributed by atoms with Gasteiger partial charge in [-0.3, -0.25) is 9.59 Å². The fourth-order valence-corrected chi connectivity index (χ4v) is 6.38. The third kappa shape index (κ3) is 8.53. The maximum absolute atomic E-state index is 13.3. The van der Waals surface area contributed by atoms with Gasteiger partial charge in [0.05, 0.1) is 40.0 Å². The van der Waals surface area contributed by atoms with Crippen molar-refractivity contribution in [1.82, 2.24) is 0 Å². The molecule has 0 radical (unpaired) electrons. The van der Waals surface area contributed by atoms with E-state index in [1.54, 1.807) is 14.2 Å². The second kappa shape index (κ2) is 14.1. The highest BCUT2D eigenvalue weighted by molar-refractivity contribution is 7.14. The molecule has 0 unspecified atom stereocenters. The molecule has 0 saturated heterocycles. The van der Waals surface area contributed by atoms with Crippen LogP contribution in [0.15, 0.2) is 48.5 Å². The SMILES string of the molecule is COc1ccc(COCc2cc([C@@H](c3cc(OC)c(C(C)=O)s3)[C@@H](C)C(=O)OCC[Si](C)(C)C)ccc2C)cc1. The lowest BCUT2D eigenvalue weighted by atomic mass is 9.84. The molecule has 0 fully saturated rings. The molecule has 0 amide bonds. The molecule has 0 spiro atoms. The summed E-state index contributed by atoms with van der Waals surface area (Å²) < 4.78 is 22.6. The molecule has 3 aromatic rings. The van der Waals surface area contributed by atoms with Gasteiger partial charge in [0.2, 0.25) is 0 Å². The van der Waals surface area contributed by atoms with Crippen LogP contribution in [0.1, 0.15) is 56.6 Å². The molecule has 0 aliphatic rings. The van der Waals surface area contributed by atoms with Gasteiger partial charge in [-0.05, 0) is 53.4 Å². The Labute approximate surface area is 243 Å². The van der Waals surface area contributed by atoms with Crippen molar-refractivity contribution >= 4 is 31.2 Å². The van der Waals surface area contributed by atoms with Crippen LogP contribution in [0.2, 0.25) is 25.7 Å².